The van der Waals surface area contributed by atoms with Crippen LogP contribution >= 0.6 is 22.7 Å². The molecular weight excluding hydrogens is 539 g/mol. The Morgan fingerprint density at radius 2 is 1.47 bits per heavy atom. The van der Waals surface area contributed by atoms with Crippen LogP contribution in [-0.4, -0.2) is 28.8 Å². The van der Waals surface area contributed by atoms with Crippen LogP contribution < -0.4 is 14.8 Å². The average molecular weight is 566 g/mol. The predicted octanol–water partition coefficient (Wildman–Crippen LogP) is 4.97. The number of nitrogens with one attached hydrogen (secondary N) is 3. The minimum atomic E-state index is -3.90. The SMILES string of the molecule is C[C@@H](NC(=O)c1cc(NS(=O)(=O)c2cccs2)cc(NS(=O)(=O)c2cccs2)c1)[C@H]1C[C@H]2CC[C@H]1C2. The van der Waals surface area contributed by atoms with Gasteiger partial charge in [0.2, 0.25) is 0 Å². The van der Waals surface area contributed by atoms with E-state index in [1.807, 2.05) is 6.92 Å². The molecule has 0 saturated heterocycles. The Morgan fingerprint density at radius 3 is 1.92 bits per heavy atom. The normalized spacial score (nSPS) is 22.3. The van der Waals surface area contributed by atoms with Gasteiger partial charge in [-0.25, -0.2) is 16.8 Å². The van der Waals surface area contributed by atoms with Crippen LogP contribution in [0.15, 0.2) is 61.6 Å². The molecule has 2 fully saturated rings. The van der Waals surface area contributed by atoms with Gasteiger partial charge in [-0.1, -0.05) is 18.6 Å². The van der Waals surface area contributed by atoms with Crippen molar-refractivity contribution < 1.29 is 21.6 Å². The van der Waals surface area contributed by atoms with Crippen molar-refractivity contribution in [3.05, 3.63) is 58.8 Å². The molecule has 2 aromatic heterocycles. The molecule has 2 heterocycles. The average Bonchev–Trinajstić information content (AvgIpc) is 3.63. The van der Waals surface area contributed by atoms with Crippen LogP contribution in [-0.2, 0) is 20.0 Å². The summed E-state index contributed by atoms with van der Waals surface area (Å²) in [5.74, 6) is 1.42. The van der Waals surface area contributed by atoms with Crippen molar-refractivity contribution in [2.24, 2.45) is 17.8 Å². The molecular formula is C24H27N3O5S4. The Morgan fingerprint density at radius 1 is 0.889 bits per heavy atom. The number of fused-ring (bicyclic) bond motifs is 2. The van der Waals surface area contributed by atoms with Gasteiger partial charge < -0.3 is 5.32 Å². The van der Waals surface area contributed by atoms with E-state index in [2.05, 4.69) is 14.8 Å². The summed E-state index contributed by atoms with van der Waals surface area (Å²) in [4.78, 5) is 13.2. The summed E-state index contributed by atoms with van der Waals surface area (Å²) in [6.45, 7) is 2.01. The molecule has 2 saturated carbocycles. The van der Waals surface area contributed by atoms with Crippen molar-refractivity contribution in [1.82, 2.24) is 5.32 Å². The molecule has 4 atom stereocenters. The van der Waals surface area contributed by atoms with Gasteiger partial charge in [0.05, 0.1) is 11.4 Å². The third-order valence-electron chi connectivity index (χ3n) is 7.01. The van der Waals surface area contributed by atoms with Crippen molar-refractivity contribution >= 4 is 60.0 Å². The fraction of sp³-hybridized carbons (Fsp3) is 0.375. The fourth-order valence-electron chi connectivity index (χ4n) is 5.42. The second kappa shape index (κ2) is 9.81. The van der Waals surface area contributed by atoms with Gasteiger partial charge in [-0.05, 0) is 85.0 Å². The molecule has 0 radical (unpaired) electrons. The van der Waals surface area contributed by atoms with E-state index in [9.17, 15) is 21.6 Å². The van der Waals surface area contributed by atoms with Crippen LogP contribution in [0.2, 0.25) is 0 Å². The molecule has 12 heteroatoms. The van der Waals surface area contributed by atoms with E-state index in [0.29, 0.717) is 11.8 Å². The lowest BCUT2D eigenvalue weighted by atomic mass is 9.84. The summed E-state index contributed by atoms with van der Waals surface area (Å²) < 4.78 is 56.4. The van der Waals surface area contributed by atoms with Gasteiger partial charge in [0.25, 0.3) is 26.0 Å². The Labute approximate surface area is 219 Å². The first-order chi connectivity index (χ1) is 17.1. The summed E-state index contributed by atoms with van der Waals surface area (Å²) >= 11 is 2.12. The highest BCUT2D eigenvalue weighted by atomic mass is 32.3. The Kier molecular flexibility index (Phi) is 6.88. The standard InChI is InChI=1S/C24H27N3O5S4/c1-15(21-11-16-6-7-17(21)10-16)25-24(28)18-12-19(26-35(29,30)22-4-2-8-33-22)14-20(13-18)27-36(31,32)23-5-3-9-34-23/h2-5,8-9,12-17,21,26-27H,6-7,10-11H2,1H3,(H,25,28)/t15-,16+,17+,21-/m1/s1. The second-order valence-corrected chi connectivity index (χ2v) is 15.2. The lowest BCUT2D eigenvalue weighted by molar-refractivity contribution is 0.0915. The molecule has 1 amide bonds. The lowest BCUT2D eigenvalue weighted by Crippen LogP contribution is -2.40. The number of benzene rings is 1. The van der Waals surface area contributed by atoms with Gasteiger partial charge in [-0.2, -0.15) is 0 Å². The van der Waals surface area contributed by atoms with Crippen LogP contribution in [0, 0.1) is 17.8 Å². The van der Waals surface area contributed by atoms with E-state index in [1.54, 1.807) is 22.9 Å². The highest BCUT2D eigenvalue weighted by Crippen LogP contribution is 2.49. The summed E-state index contributed by atoms with van der Waals surface area (Å²) in [6.07, 6.45) is 4.80. The second-order valence-electron chi connectivity index (χ2n) is 9.48. The number of thiophene rings is 2. The van der Waals surface area contributed by atoms with E-state index < -0.39 is 20.0 Å². The van der Waals surface area contributed by atoms with E-state index >= 15 is 0 Å². The van der Waals surface area contributed by atoms with Crippen molar-refractivity contribution in [1.29, 1.82) is 0 Å². The maximum atomic E-state index is 13.2. The summed E-state index contributed by atoms with van der Waals surface area (Å²) in [5, 5.41) is 6.37. The summed E-state index contributed by atoms with van der Waals surface area (Å²) in [7, 11) is -7.79. The molecule has 8 nitrogen and oxygen atoms in total. The monoisotopic (exact) mass is 565 g/mol. The molecule has 3 N–H and O–H groups in total. The Bertz CT molecular complexity index is 1370. The highest BCUT2D eigenvalue weighted by Gasteiger charge is 2.42. The van der Waals surface area contributed by atoms with Gasteiger partial charge in [0.15, 0.2) is 0 Å². The zero-order valence-electron chi connectivity index (χ0n) is 19.5. The highest BCUT2D eigenvalue weighted by molar-refractivity contribution is 7.95. The van der Waals surface area contributed by atoms with E-state index in [4.69, 9.17) is 0 Å². The van der Waals surface area contributed by atoms with Crippen LogP contribution in [0.5, 0.6) is 0 Å². The molecule has 2 bridgehead atoms. The van der Waals surface area contributed by atoms with E-state index in [0.717, 1.165) is 35.0 Å². The van der Waals surface area contributed by atoms with Crippen LogP contribution in [0.4, 0.5) is 11.4 Å². The van der Waals surface area contributed by atoms with Crippen molar-refractivity contribution in [2.75, 3.05) is 9.44 Å². The number of amides is 1. The van der Waals surface area contributed by atoms with Crippen molar-refractivity contribution in [3.8, 4) is 0 Å². The third-order valence-corrected chi connectivity index (χ3v) is 12.6. The molecule has 3 aromatic rings. The smallest absolute Gasteiger partial charge is 0.271 e. The molecule has 5 rings (SSSR count). The van der Waals surface area contributed by atoms with E-state index in [-0.39, 0.29) is 37.3 Å². The molecule has 2 aliphatic carbocycles. The summed E-state index contributed by atoms with van der Waals surface area (Å²) in [5.41, 5.74) is 0.347. The fourth-order valence-corrected chi connectivity index (χ4v) is 9.49. The first-order valence-electron chi connectivity index (χ1n) is 11.7. The van der Waals surface area contributed by atoms with Crippen LogP contribution in [0.25, 0.3) is 0 Å². The minimum absolute atomic E-state index is 0.0365. The number of hydrogen-bond donors (Lipinski definition) is 3. The maximum absolute atomic E-state index is 13.2. The molecule has 0 aliphatic heterocycles. The zero-order chi connectivity index (χ0) is 25.5. The molecule has 2 aliphatic rings. The van der Waals surface area contributed by atoms with Gasteiger partial charge in [0.1, 0.15) is 8.42 Å². The predicted molar refractivity (Wildman–Crippen MR) is 143 cm³/mol. The Balaban J connectivity index is 1.42. The Hall–Kier alpha value is -2.41. The quantitative estimate of drug-likeness (QED) is 0.338. The van der Waals surface area contributed by atoms with Crippen LogP contribution in [0.3, 0.4) is 0 Å². The first kappa shape index (κ1) is 25.2. The first-order valence-corrected chi connectivity index (χ1v) is 16.4. The topological polar surface area (TPSA) is 121 Å². The number of sulfonamides is 2. The minimum Gasteiger partial charge on any atom is -0.349 e. The van der Waals surface area contributed by atoms with Gasteiger partial charge in [-0.15, -0.1) is 22.7 Å². The number of anilines is 2. The maximum Gasteiger partial charge on any atom is 0.271 e. The molecule has 192 valence electrons. The zero-order valence-corrected chi connectivity index (χ0v) is 22.8. The number of rotatable bonds is 9. The van der Waals surface area contributed by atoms with Crippen molar-refractivity contribution in [2.45, 2.75) is 47.1 Å². The van der Waals surface area contributed by atoms with E-state index in [1.165, 1.54) is 49.6 Å². The van der Waals surface area contributed by atoms with Gasteiger partial charge in [-0.3, -0.25) is 14.2 Å². The van der Waals surface area contributed by atoms with Gasteiger partial charge >= 0.3 is 0 Å². The number of hydrogen-bond acceptors (Lipinski definition) is 7. The molecule has 36 heavy (non-hydrogen) atoms. The van der Waals surface area contributed by atoms with Crippen LogP contribution in [0.1, 0.15) is 43.0 Å². The lowest BCUT2D eigenvalue weighted by Gasteiger charge is -2.28. The number of carbonyl (C=O) groups excluding carboxylic acids is 1. The molecule has 1 aromatic carbocycles. The largest absolute Gasteiger partial charge is 0.349 e. The number of carbonyl (C=O) groups is 1. The summed E-state index contributed by atoms with van der Waals surface area (Å²) in [6, 6.07) is 10.4. The molecule has 0 unspecified atom stereocenters. The van der Waals surface area contributed by atoms with Crippen molar-refractivity contribution in [3.63, 3.8) is 0 Å². The molecule has 0 spiro atoms. The third kappa shape index (κ3) is 5.31. The van der Waals surface area contributed by atoms with Gasteiger partial charge in [0, 0.05) is 11.6 Å².